The standard InChI is InChI=1S/C9H14N2O2/c12-5-9(6-13-7-9)4-11-8-1-2-10-3-8/h1-3,10-12H,4-7H2. The summed E-state index contributed by atoms with van der Waals surface area (Å²) in [6, 6.07) is 1.96. The first kappa shape index (κ1) is 8.59. The number of rotatable bonds is 4. The molecule has 0 saturated carbocycles. The molecule has 1 aromatic heterocycles. The van der Waals surface area contributed by atoms with Gasteiger partial charge in [-0.2, -0.15) is 0 Å². The molecule has 1 saturated heterocycles. The first-order chi connectivity index (χ1) is 6.35. The van der Waals surface area contributed by atoms with Gasteiger partial charge in [-0.05, 0) is 6.07 Å². The predicted molar refractivity (Wildman–Crippen MR) is 49.6 cm³/mol. The van der Waals surface area contributed by atoms with E-state index >= 15 is 0 Å². The number of aliphatic hydroxyl groups is 1. The van der Waals surface area contributed by atoms with Crippen LogP contribution < -0.4 is 5.32 Å². The molecule has 0 bridgehead atoms. The Kier molecular flexibility index (Phi) is 2.24. The third-order valence-electron chi connectivity index (χ3n) is 2.42. The molecule has 4 heteroatoms. The van der Waals surface area contributed by atoms with E-state index in [1.165, 1.54) is 0 Å². The molecule has 0 atom stereocenters. The number of hydrogen-bond donors (Lipinski definition) is 3. The summed E-state index contributed by atoms with van der Waals surface area (Å²) in [4.78, 5) is 2.96. The summed E-state index contributed by atoms with van der Waals surface area (Å²) >= 11 is 0. The van der Waals surface area contributed by atoms with Crippen LogP contribution in [0.2, 0.25) is 0 Å². The molecule has 1 fully saturated rings. The van der Waals surface area contributed by atoms with Crippen LogP contribution >= 0.6 is 0 Å². The lowest BCUT2D eigenvalue weighted by molar-refractivity contribution is -0.128. The average molecular weight is 182 g/mol. The van der Waals surface area contributed by atoms with Gasteiger partial charge >= 0.3 is 0 Å². The van der Waals surface area contributed by atoms with Gasteiger partial charge in [0.25, 0.3) is 0 Å². The van der Waals surface area contributed by atoms with Crippen molar-refractivity contribution in [3.05, 3.63) is 18.5 Å². The maximum absolute atomic E-state index is 9.14. The van der Waals surface area contributed by atoms with E-state index in [2.05, 4.69) is 10.3 Å². The molecule has 2 heterocycles. The van der Waals surface area contributed by atoms with Gasteiger partial charge in [0.2, 0.25) is 0 Å². The Hall–Kier alpha value is -1.00. The van der Waals surface area contributed by atoms with Gasteiger partial charge < -0.3 is 20.1 Å². The molecule has 0 unspecified atom stereocenters. The number of hydrogen-bond acceptors (Lipinski definition) is 3. The zero-order valence-corrected chi connectivity index (χ0v) is 7.42. The van der Waals surface area contributed by atoms with Gasteiger partial charge in [0, 0.05) is 18.9 Å². The number of H-pyrrole nitrogens is 1. The van der Waals surface area contributed by atoms with Crippen molar-refractivity contribution in [2.75, 3.05) is 31.7 Å². The molecule has 0 amide bonds. The summed E-state index contributed by atoms with van der Waals surface area (Å²) < 4.78 is 5.09. The van der Waals surface area contributed by atoms with Gasteiger partial charge in [0.15, 0.2) is 0 Å². The topological polar surface area (TPSA) is 57.3 Å². The highest BCUT2D eigenvalue weighted by Crippen LogP contribution is 2.26. The molecule has 4 nitrogen and oxygen atoms in total. The zero-order valence-electron chi connectivity index (χ0n) is 7.42. The molecule has 3 N–H and O–H groups in total. The predicted octanol–water partition coefficient (Wildman–Crippen LogP) is 0.435. The van der Waals surface area contributed by atoms with Crippen molar-refractivity contribution in [2.45, 2.75) is 0 Å². The lowest BCUT2D eigenvalue weighted by atomic mass is 9.87. The molecule has 2 rings (SSSR count). The van der Waals surface area contributed by atoms with E-state index in [0.717, 1.165) is 12.2 Å². The number of aromatic nitrogens is 1. The fourth-order valence-corrected chi connectivity index (χ4v) is 1.36. The first-order valence-corrected chi connectivity index (χ1v) is 4.40. The van der Waals surface area contributed by atoms with Crippen molar-refractivity contribution < 1.29 is 9.84 Å². The van der Waals surface area contributed by atoms with Crippen LogP contribution in [0.5, 0.6) is 0 Å². The lowest BCUT2D eigenvalue weighted by Gasteiger charge is -2.39. The second-order valence-corrected chi connectivity index (χ2v) is 3.60. The van der Waals surface area contributed by atoms with Gasteiger partial charge in [-0.15, -0.1) is 0 Å². The average Bonchev–Trinajstić information content (AvgIpc) is 2.56. The quantitative estimate of drug-likeness (QED) is 0.633. The summed E-state index contributed by atoms with van der Waals surface area (Å²) in [5.41, 5.74) is 0.997. The summed E-state index contributed by atoms with van der Waals surface area (Å²) in [5.74, 6) is 0. The van der Waals surface area contributed by atoms with E-state index in [9.17, 15) is 0 Å². The highest BCUT2D eigenvalue weighted by Gasteiger charge is 2.37. The van der Waals surface area contributed by atoms with Crippen molar-refractivity contribution in [2.24, 2.45) is 5.41 Å². The molecule has 0 aromatic carbocycles. The van der Waals surface area contributed by atoms with Crippen LogP contribution in [0.25, 0.3) is 0 Å². The van der Waals surface area contributed by atoms with Crippen molar-refractivity contribution in [3.8, 4) is 0 Å². The molecule has 13 heavy (non-hydrogen) atoms. The van der Waals surface area contributed by atoms with Gasteiger partial charge in [0.05, 0.1) is 30.9 Å². The van der Waals surface area contributed by atoms with Crippen LogP contribution in [0, 0.1) is 5.41 Å². The van der Waals surface area contributed by atoms with Gasteiger partial charge in [0.1, 0.15) is 0 Å². The highest BCUT2D eigenvalue weighted by atomic mass is 16.5. The zero-order chi connectivity index (χ0) is 9.15. The van der Waals surface area contributed by atoms with E-state index in [0.29, 0.717) is 13.2 Å². The van der Waals surface area contributed by atoms with Crippen molar-refractivity contribution in [1.29, 1.82) is 0 Å². The third kappa shape index (κ3) is 1.68. The second-order valence-electron chi connectivity index (χ2n) is 3.60. The molecule has 1 aliphatic heterocycles. The molecule has 1 aromatic rings. The number of aromatic amines is 1. The number of ether oxygens (including phenoxy) is 1. The summed E-state index contributed by atoms with van der Waals surface area (Å²) in [6.45, 7) is 2.26. The molecule has 0 aliphatic carbocycles. The summed E-state index contributed by atoms with van der Waals surface area (Å²) in [7, 11) is 0. The van der Waals surface area contributed by atoms with Crippen LogP contribution in [0.4, 0.5) is 5.69 Å². The summed E-state index contributed by atoms with van der Waals surface area (Å²) in [6.07, 6.45) is 3.76. The Morgan fingerprint density at radius 1 is 1.62 bits per heavy atom. The number of anilines is 1. The molecular formula is C9H14N2O2. The van der Waals surface area contributed by atoms with Crippen molar-refractivity contribution in [3.63, 3.8) is 0 Å². The van der Waals surface area contributed by atoms with Crippen LogP contribution in [-0.2, 0) is 4.74 Å². The van der Waals surface area contributed by atoms with E-state index in [4.69, 9.17) is 9.84 Å². The summed E-state index contributed by atoms with van der Waals surface area (Å²) in [5, 5.41) is 12.4. The van der Waals surface area contributed by atoms with Gasteiger partial charge in [-0.25, -0.2) is 0 Å². The largest absolute Gasteiger partial charge is 0.396 e. The number of nitrogens with one attached hydrogen (secondary N) is 2. The maximum atomic E-state index is 9.14. The Bertz CT molecular complexity index is 249. The van der Waals surface area contributed by atoms with Crippen LogP contribution in [-0.4, -0.2) is 36.5 Å². The Labute approximate surface area is 76.9 Å². The SMILES string of the molecule is OCC1(CNc2cc[nH]c2)COC1. The first-order valence-electron chi connectivity index (χ1n) is 4.40. The maximum Gasteiger partial charge on any atom is 0.0584 e. The smallest absolute Gasteiger partial charge is 0.0584 e. The van der Waals surface area contributed by atoms with Crippen LogP contribution in [0.1, 0.15) is 0 Å². The Morgan fingerprint density at radius 2 is 2.46 bits per heavy atom. The molecule has 72 valence electrons. The monoisotopic (exact) mass is 182 g/mol. The molecular weight excluding hydrogens is 168 g/mol. The fraction of sp³-hybridized carbons (Fsp3) is 0.556. The third-order valence-corrected chi connectivity index (χ3v) is 2.42. The molecule has 0 radical (unpaired) electrons. The minimum atomic E-state index is -0.0583. The van der Waals surface area contributed by atoms with E-state index in [1.807, 2.05) is 18.5 Å². The normalized spacial score (nSPS) is 19.5. The minimum Gasteiger partial charge on any atom is -0.396 e. The van der Waals surface area contributed by atoms with Crippen LogP contribution in [0.15, 0.2) is 18.5 Å². The van der Waals surface area contributed by atoms with E-state index < -0.39 is 0 Å². The minimum absolute atomic E-state index is 0.0583. The van der Waals surface area contributed by atoms with Gasteiger partial charge in [-0.1, -0.05) is 0 Å². The Morgan fingerprint density at radius 3 is 2.92 bits per heavy atom. The van der Waals surface area contributed by atoms with E-state index in [-0.39, 0.29) is 12.0 Å². The molecule has 0 spiro atoms. The van der Waals surface area contributed by atoms with Gasteiger partial charge in [-0.3, -0.25) is 0 Å². The second kappa shape index (κ2) is 3.40. The molecule has 1 aliphatic rings. The Balaban J connectivity index is 1.84. The van der Waals surface area contributed by atoms with Crippen LogP contribution in [0.3, 0.4) is 0 Å². The van der Waals surface area contributed by atoms with E-state index in [1.54, 1.807) is 0 Å². The lowest BCUT2D eigenvalue weighted by Crippen LogP contribution is -2.50. The highest BCUT2D eigenvalue weighted by molar-refractivity contribution is 5.40. The van der Waals surface area contributed by atoms with Crippen molar-refractivity contribution >= 4 is 5.69 Å². The fourth-order valence-electron chi connectivity index (χ4n) is 1.36. The van der Waals surface area contributed by atoms with Crippen molar-refractivity contribution in [1.82, 2.24) is 4.98 Å². The number of aliphatic hydroxyl groups excluding tert-OH is 1.